The van der Waals surface area contributed by atoms with E-state index in [1.165, 1.54) is 0 Å². The van der Waals surface area contributed by atoms with Crippen LogP contribution >= 0.6 is 0 Å². The van der Waals surface area contributed by atoms with Crippen molar-refractivity contribution < 1.29 is 14.8 Å². The molecule has 1 aliphatic heterocycles. The maximum atomic E-state index is 9.35. The van der Waals surface area contributed by atoms with E-state index in [0.717, 1.165) is 11.0 Å². The first-order valence-corrected chi connectivity index (χ1v) is 3.86. The SMILES string of the molecule is OCC1OB(O)c2ccccc21. The van der Waals surface area contributed by atoms with Gasteiger partial charge in [-0.25, -0.2) is 0 Å². The van der Waals surface area contributed by atoms with Gasteiger partial charge in [-0.15, -0.1) is 0 Å². The summed E-state index contributed by atoms with van der Waals surface area (Å²) in [5, 5.41) is 18.2. The quantitative estimate of drug-likeness (QED) is 0.547. The van der Waals surface area contributed by atoms with Crippen molar-refractivity contribution in [3.05, 3.63) is 29.8 Å². The van der Waals surface area contributed by atoms with Crippen molar-refractivity contribution in [1.29, 1.82) is 0 Å². The van der Waals surface area contributed by atoms with Crippen molar-refractivity contribution in [1.82, 2.24) is 0 Å². The van der Waals surface area contributed by atoms with Crippen LogP contribution in [-0.4, -0.2) is 23.9 Å². The second-order valence-electron chi connectivity index (χ2n) is 2.79. The number of rotatable bonds is 1. The van der Waals surface area contributed by atoms with Crippen LogP contribution in [0, 0.1) is 0 Å². The van der Waals surface area contributed by atoms with Gasteiger partial charge >= 0.3 is 7.12 Å². The Labute approximate surface area is 70.8 Å². The molecule has 1 atom stereocenters. The third-order valence-corrected chi connectivity index (χ3v) is 2.07. The Hall–Kier alpha value is -0.835. The van der Waals surface area contributed by atoms with Gasteiger partial charge in [-0.1, -0.05) is 24.3 Å². The summed E-state index contributed by atoms with van der Waals surface area (Å²) in [6.45, 7) is -0.0892. The van der Waals surface area contributed by atoms with Crippen LogP contribution in [0.4, 0.5) is 0 Å². The summed E-state index contributed by atoms with van der Waals surface area (Å²) in [7, 11) is -0.877. The van der Waals surface area contributed by atoms with Gasteiger partial charge in [-0.05, 0) is 11.0 Å². The van der Waals surface area contributed by atoms with Crippen LogP contribution in [0.1, 0.15) is 11.7 Å². The molecule has 1 aromatic carbocycles. The zero-order valence-corrected chi connectivity index (χ0v) is 6.47. The molecule has 4 heteroatoms. The van der Waals surface area contributed by atoms with Crippen molar-refractivity contribution in [2.24, 2.45) is 0 Å². The van der Waals surface area contributed by atoms with Crippen molar-refractivity contribution in [3.63, 3.8) is 0 Å². The standard InChI is InChI=1S/C8H9BO3/c10-5-8-6-3-1-2-4-7(6)9(11)12-8/h1-4,8,10-11H,5H2. The monoisotopic (exact) mass is 164 g/mol. The zero-order valence-electron chi connectivity index (χ0n) is 6.47. The second kappa shape index (κ2) is 2.90. The third kappa shape index (κ3) is 1.05. The van der Waals surface area contributed by atoms with Crippen molar-refractivity contribution in [2.75, 3.05) is 6.61 Å². The van der Waals surface area contributed by atoms with Gasteiger partial charge in [0, 0.05) is 0 Å². The molecule has 0 bridgehead atoms. The molecule has 0 amide bonds. The van der Waals surface area contributed by atoms with Crippen LogP contribution in [0.3, 0.4) is 0 Å². The summed E-state index contributed by atoms with van der Waals surface area (Å²) in [6, 6.07) is 7.36. The van der Waals surface area contributed by atoms with Crippen molar-refractivity contribution >= 4 is 12.6 Å². The summed E-state index contributed by atoms with van der Waals surface area (Å²) < 4.78 is 5.09. The van der Waals surface area contributed by atoms with Gasteiger partial charge in [0.15, 0.2) is 0 Å². The van der Waals surface area contributed by atoms with Gasteiger partial charge in [-0.2, -0.15) is 0 Å². The first kappa shape index (κ1) is 7.80. The molecule has 0 saturated carbocycles. The molecule has 0 aromatic heterocycles. The lowest BCUT2D eigenvalue weighted by molar-refractivity contribution is 0.110. The predicted molar refractivity (Wildman–Crippen MR) is 45.0 cm³/mol. The lowest BCUT2D eigenvalue weighted by Crippen LogP contribution is -2.27. The van der Waals surface area contributed by atoms with Gasteiger partial charge in [0.2, 0.25) is 0 Å². The number of aliphatic hydroxyl groups excluding tert-OH is 1. The van der Waals surface area contributed by atoms with Gasteiger partial charge in [0.25, 0.3) is 0 Å². The summed E-state index contributed by atoms with van der Waals surface area (Å²) in [6.07, 6.45) is -0.365. The number of fused-ring (bicyclic) bond motifs is 1. The van der Waals surface area contributed by atoms with E-state index in [0.29, 0.717) is 0 Å². The number of aliphatic hydroxyl groups is 1. The predicted octanol–water partition coefficient (Wildman–Crippen LogP) is -0.562. The largest absolute Gasteiger partial charge is 0.492 e. The molecule has 0 fully saturated rings. The van der Waals surface area contributed by atoms with Gasteiger partial charge in [0.1, 0.15) is 0 Å². The minimum Gasteiger partial charge on any atom is -0.423 e. The molecule has 1 heterocycles. The Morgan fingerprint density at radius 1 is 1.42 bits per heavy atom. The minimum absolute atomic E-state index is 0.0892. The van der Waals surface area contributed by atoms with Gasteiger partial charge < -0.3 is 14.8 Å². The molecule has 12 heavy (non-hydrogen) atoms. The van der Waals surface area contributed by atoms with E-state index >= 15 is 0 Å². The fourth-order valence-corrected chi connectivity index (χ4v) is 1.47. The Kier molecular flexibility index (Phi) is 1.88. The third-order valence-electron chi connectivity index (χ3n) is 2.07. The first-order valence-electron chi connectivity index (χ1n) is 3.86. The molecule has 2 rings (SSSR count). The van der Waals surface area contributed by atoms with E-state index in [9.17, 15) is 5.02 Å². The van der Waals surface area contributed by atoms with Crippen LogP contribution in [0.5, 0.6) is 0 Å². The molecule has 3 nitrogen and oxygen atoms in total. The summed E-state index contributed by atoms with van der Waals surface area (Å²) >= 11 is 0. The highest BCUT2D eigenvalue weighted by molar-refractivity contribution is 6.61. The molecular formula is C8H9BO3. The molecule has 0 radical (unpaired) electrons. The Morgan fingerprint density at radius 3 is 2.92 bits per heavy atom. The van der Waals surface area contributed by atoms with E-state index in [2.05, 4.69) is 0 Å². The van der Waals surface area contributed by atoms with Crippen molar-refractivity contribution in [3.8, 4) is 0 Å². The van der Waals surface area contributed by atoms with Crippen LogP contribution in [0.25, 0.3) is 0 Å². The highest BCUT2D eigenvalue weighted by Gasteiger charge is 2.33. The summed E-state index contributed by atoms with van der Waals surface area (Å²) in [4.78, 5) is 0. The van der Waals surface area contributed by atoms with Crippen LogP contribution in [-0.2, 0) is 4.65 Å². The van der Waals surface area contributed by atoms with E-state index < -0.39 is 7.12 Å². The van der Waals surface area contributed by atoms with Crippen LogP contribution in [0.2, 0.25) is 0 Å². The summed E-state index contributed by atoms with van der Waals surface area (Å²) in [5.74, 6) is 0. The lowest BCUT2D eigenvalue weighted by atomic mass is 9.79. The average Bonchev–Trinajstić information content (AvgIpc) is 2.44. The topological polar surface area (TPSA) is 49.7 Å². The number of benzene rings is 1. The molecule has 62 valence electrons. The lowest BCUT2D eigenvalue weighted by Gasteiger charge is -2.06. The van der Waals surface area contributed by atoms with Crippen LogP contribution in [0.15, 0.2) is 24.3 Å². The fraction of sp³-hybridized carbons (Fsp3) is 0.250. The van der Waals surface area contributed by atoms with Gasteiger partial charge in [0.05, 0.1) is 12.7 Å². The van der Waals surface area contributed by atoms with Gasteiger partial charge in [-0.3, -0.25) is 0 Å². The molecule has 1 aliphatic rings. The normalized spacial score (nSPS) is 21.2. The van der Waals surface area contributed by atoms with Crippen molar-refractivity contribution in [2.45, 2.75) is 6.10 Å². The molecule has 2 N–H and O–H groups in total. The molecule has 0 spiro atoms. The maximum Gasteiger partial charge on any atom is 0.492 e. The molecule has 1 unspecified atom stereocenters. The molecule has 0 saturated heterocycles. The van der Waals surface area contributed by atoms with E-state index in [4.69, 9.17) is 9.76 Å². The van der Waals surface area contributed by atoms with E-state index in [1.807, 2.05) is 18.2 Å². The van der Waals surface area contributed by atoms with Crippen LogP contribution < -0.4 is 5.46 Å². The highest BCUT2D eigenvalue weighted by Crippen LogP contribution is 2.21. The van der Waals surface area contributed by atoms with E-state index in [1.54, 1.807) is 6.07 Å². The second-order valence-corrected chi connectivity index (χ2v) is 2.79. The Morgan fingerprint density at radius 2 is 2.17 bits per heavy atom. The minimum atomic E-state index is -0.877. The highest BCUT2D eigenvalue weighted by atomic mass is 16.5. The zero-order chi connectivity index (χ0) is 8.55. The maximum absolute atomic E-state index is 9.35. The Balaban J connectivity index is 2.43. The number of hydrogen-bond acceptors (Lipinski definition) is 3. The first-order chi connectivity index (χ1) is 5.83. The summed E-state index contributed by atoms with van der Waals surface area (Å²) in [5.41, 5.74) is 1.64. The Bertz CT molecular complexity index is 289. The molecular weight excluding hydrogens is 155 g/mol. The van der Waals surface area contributed by atoms with E-state index in [-0.39, 0.29) is 12.7 Å². The fourth-order valence-electron chi connectivity index (χ4n) is 1.47. The molecule has 1 aromatic rings. The molecule has 0 aliphatic carbocycles. The average molecular weight is 164 g/mol. The number of hydrogen-bond donors (Lipinski definition) is 2. The smallest absolute Gasteiger partial charge is 0.423 e.